The highest BCUT2D eigenvalue weighted by Gasteiger charge is 2.43. The van der Waals surface area contributed by atoms with Crippen LogP contribution < -0.4 is 10.6 Å². The number of likely N-dealkylation sites (N-methyl/N-ethyl adjacent to an activating group) is 1. The molecule has 2 amide bonds. The van der Waals surface area contributed by atoms with Gasteiger partial charge >= 0.3 is 6.03 Å². The molecule has 3 rings (SSSR count). The molecule has 0 aromatic heterocycles. The van der Waals surface area contributed by atoms with E-state index in [1.165, 1.54) is 12.5 Å². The quantitative estimate of drug-likeness (QED) is 0.294. The van der Waals surface area contributed by atoms with Crippen LogP contribution in [0.4, 0.5) is 9.18 Å². The van der Waals surface area contributed by atoms with Gasteiger partial charge in [-0.2, -0.15) is 0 Å². The zero-order valence-electron chi connectivity index (χ0n) is 22.4. The molecule has 4 N–H and O–H groups in total. The Bertz CT molecular complexity index is 857. The number of benzene rings is 1. The van der Waals surface area contributed by atoms with E-state index in [0.717, 1.165) is 32.1 Å². The van der Waals surface area contributed by atoms with E-state index in [0.29, 0.717) is 57.5 Å². The first-order valence-corrected chi connectivity index (χ1v) is 14.2. The zero-order valence-corrected chi connectivity index (χ0v) is 23.1. The summed E-state index contributed by atoms with van der Waals surface area (Å²) in [6.07, 6.45) is 8.01. The van der Waals surface area contributed by atoms with E-state index in [1.807, 2.05) is 7.05 Å². The van der Waals surface area contributed by atoms with Crippen LogP contribution in [0.15, 0.2) is 18.2 Å². The lowest BCUT2D eigenvalue weighted by atomic mass is 9.74. The highest BCUT2D eigenvalue weighted by Crippen LogP contribution is 2.43. The van der Waals surface area contributed by atoms with Gasteiger partial charge in [-0.1, -0.05) is 43.0 Å². The fourth-order valence-electron chi connectivity index (χ4n) is 6.12. The minimum atomic E-state index is -1.38. The van der Waals surface area contributed by atoms with Crippen molar-refractivity contribution in [2.75, 3.05) is 40.4 Å². The Morgan fingerprint density at radius 1 is 1.24 bits per heavy atom. The van der Waals surface area contributed by atoms with Crippen molar-refractivity contribution in [3.63, 3.8) is 0 Å². The molecule has 1 aromatic rings. The molecule has 1 heterocycles. The number of halogens is 2. The maximum absolute atomic E-state index is 14.4. The summed E-state index contributed by atoms with van der Waals surface area (Å²) in [6, 6.07) is 3.90. The van der Waals surface area contributed by atoms with Crippen molar-refractivity contribution in [1.29, 1.82) is 0 Å². The number of methoxy groups -OCH3 is 1. The lowest BCUT2D eigenvalue weighted by Crippen LogP contribution is -2.57. The predicted octanol–water partition coefficient (Wildman–Crippen LogP) is 4.43. The van der Waals surface area contributed by atoms with E-state index in [2.05, 4.69) is 10.6 Å². The van der Waals surface area contributed by atoms with Crippen molar-refractivity contribution in [3.8, 4) is 0 Å². The number of rotatable bonds is 12. The molecule has 1 aliphatic heterocycles. The van der Waals surface area contributed by atoms with Crippen LogP contribution in [0.2, 0.25) is 5.02 Å². The first-order valence-electron chi connectivity index (χ1n) is 13.9. The summed E-state index contributed by atoms with van der Waals surface area (Å²) in [5, 5.41) is 29.2. The van der Waals surface area contributed by atoms with Crippen LogP contribution in [0.1, 0.15) is 69.8 Å². The van der Waals surface area contributed by atoms with Crippen molar-refractivity contribution in [2.45, 2.75) is 82.0 Å². The summed E-state index contributed by atoms with van der Waals surface area (Å²) in [5.41, 5.74) is -1.00. The summed E-state index contributed by atoms with van der Waals surface area (Å²) >= 11 is 6.36. The molecule has 1 saturated carbocycles. The molecule has 0 spiro atoms. The van der Waals surface area contributed by atoms with Crippen LogP contribution in [0, 0.1) is 17.7 Å². The maximum atomic E-state index is 14.4. The smallest absolute Gasteiger partial charge is 0.317 e. The minimum Gasteiger partial charge on any atom is -0.391 e. The van der Waals surface area contributed by atoms with Gasteiger partial charge in [0.2, 0.25) is 0 Å². The van der Waals surface area contributed by atoms with Crippen LogP contribution in [-0.2, 0) is 10.3 Å². The largest absolute Gasteiger partial charge is 0.391 e. The number of ether oxygens (including phenoxy) is 1. The number of nitrogens with zero attached hydrogens (tertiary/aromatic N) is 1. The van der Waals surface area contributed by atoms with Crippen LogP contribution in [0.3, 0.4) is 0 Å². The van der Waals surface area contributed by atoms with Crippen LogP contribution in [0.5, 0.6) is 0 Å². The molecule has 9 heteroatoms. The number of urea groups is 1. The lowest BCUT2D eigenvalue weighted by Gasteiger charge is -2.43. The number of carbonyl (C=O) groups excluding carboxylic acids is 1. The Hall–Kier alpha value is -1.45. The topological polar surface area (TPSA) is 94.1 Å². The second kappa shape index (κ2) is 14.6. The average molecular weight is 542 g/mol. The van der Waals surface area contributed by atoms with E-state index in [9.17, 15) is 19.4 Å². The Kier molecular flexibility index (Phi) is 11.9. The minimum absolute atomic E-state index is 0.0667. The van der Waals surface area contributed by atoms with E-state index in [-0.39, 0.29) is 22.9 Å². The van der Waals surface area contributed by atoms with Gasteiger partial charge in [-0.25, -0.2) is 9.18 Å². The number of carbonyl (C=O) groups is 1. The Labute approximate surface area is 226 Å². The third kappa shape index (κ3) is 7.79. The fraction of sp³-hybridized carbons (Fsp3) is 0.750. The second-order valence-corrected chi connectivity index (χ2v) is 11.1. The Morgan fingerprint density at radius 2 is 2.00 bits per heavy atom. The number of nitrogens with one attached hydrogen (secondary N) is 2. The first kappa shape index (κ1) is 30.1. The molecule has 0 radical (unpaired) electrons. The van der Waals surface area contributed by atoms with Gasteiger partial charge in [-0.05, 0) is 64.0 Å². The maximum Gasteiger partial charge on any atom is 0.317 e. The van der Waals surface area contributed by atoms with Gasteiger partial charge in [0.05, 0.1) is 22.8 Å². The number of amides is 2. The predicted molar refractivity (Wildman–Crippen MR) is 144 cm³/mol. The highest BCUT2D eigenvalue weighted by atomic mass is 35.5. The van der Waals surface area contributed by atoms with Crippen molar-refractivity contribution in [1.82, 2.24) is 15.5 Å². The molecule has 1 aliphatic carbocycles. The molecular formula is C28H45ClFN3O4. The summed E-state index contributed by atoms with van der Waals surface area (Å²) in [4.78, 5) is 15.1. The van der Waals surface area contributed by atoms with Crippen LogP contribution in [-0.4, -0.2) is 73.7 Å². The van der Waals surface area contributed by atoms with E-state index in [4.69, 9.17) is 16.3 Å². The fourth-order valence-corrected chi connectivity index (χ4v) is 6.41. The number of hydrogen-bond donors (Lipinski definition) is 4. The Balaban J connectivity index is 1.75. The molecule has 1 saturated heterocycles. The van der Waals surface area contributed by atoms with E-state index in [1.54, 1.807) is 24.1 Å². The molecule has 0 bridgehead atoms. The van der Waals surface area contributed by atoms with Crippen molar-refractivity contribution >= 4 is 17.6 Å². The average Bonchev–Trinajstić information content (AvgIpc) is 2.92. The zero-order chi connectivity index (χ0) is 26.8. The van der Waals surface area contributed by atoms with Crippen molar-refractivity contribution in [2.24, 2.45) is 11.8 Å². The molecule has 7 nitrogen and oxygen atoms in total. The summed E-state index contributed by atoms with van der Waals surface area (Å²) in [7, 11) is 3.45. The van der Waals surface area contributed by atoms with Crippen LogP contribution in [0.25, 0.3) is 0 Å². The van der Waals surface area contributed by atoms with Gasteiger partial charge in [0.25, 0.3) is 0 Å². The molecular weight excluding hydrogens is 497 g/mol. The summed E-state index contributed by atoms with van der Waals surface area (Å²) < 4.78 is 19.6. The van der Waals surface area contributed by atoms with Crippen molar-refractivity contribution < 1.29 is 24.1 Å². The molecule has 1 aromatic carbocycles. The number of piperidine rings is 1. The van der Waals surface area contributed by atoms with Gasteiger partial charge < -0.3 is 30.5 Å². The summed E-state index contributed by atoms with van der Waals surface area (Å²) in [5.74, 6) is -0.680. The molecule has 210 valence electrons. The van der Waals surface area contributed by atoms with Gasteiger partial charge in [-0.15, -0.1) is 0 Å². The number of likely N-dealkylation sites (tertiary alicyclic amines) is 1. The standard InChI is InChI=1S/C28H45ClFN3O4/c1-31-18-24(26(34)20-10-4-3-5-11-20)32-27(35)33-16-9-12-21(19-33)28(36,15-6-7-17-37-2)22-13-8-14-23(30)25(22)29/h8,13-14,20-21,24,26,31,34,36H,3-7,9-12,15-19H2,1-2H3,(H,32,35)/t21?,24-,26+,28+/m1/s1. The van der Waals surface area contributed by atoms with E-state index >= 15 is 0 Å². The van der Waals surface area contributed by atoms with Crippen LogP contribution >= 0.6 is 11.6 Å². The number of unbranched alkanes of at least 4 members (excludes halogenated alkanes) is 1. The van der Waals surface area contributed by atoms with Gasteiger partial charge in [0.1, 0.15) is 5.82 Å². The molecule has 1 unspecified atom stereocenters. The Morgan fingerprint density at radius 3 is 2.70 bits per heavy atom. The van der Waals surface area contributed by atoms with Gasteiger partial charge in [0.15, 0.2) is 0 Å². The molecule has 37 heavy (non-hydrogen) atoms. The lowest BCUT2D eigenvalue weighted by molar-refractivity contribution is -0.0567. The number of aliphatic hydroxyl groups is 2. The molecule has 4 atom stereocenters. The van der Waals surface area contributed by atoms with Gasteiger partial charge in [0, 0.05) is 44.8 Å². The summed E-state index contributed by atoms with van der Waals surface area (Å²) in [6.45, 7) is 1.93. The van der Waals surface area contributed by atoms with E-state index < -0.39 is 23.6 Å². The van der Waals surface area contributed by atoms with Gasteiger partial charge in [-0.3, -0.25) is 0 Å². The highest BCUT2D eigenvalue weighted by molar-refractivity contribution is 6.31. The first-order chi connectivity index (χ1) is 17.8. The van der Waals surface area contributed by atoms with Crippen molar-refractivity contribution in [3.05, 3.63) is 34.6 Å². The second-order valence-electron chi connectivity index (χ2n) is 10.8. The SMILES string of the molecule is CNC[C@@H](NC(=O)N1CCCC([C@@](O)(CCCCOC)c2cccc(F)c2Cl)C1)[C@@H](O)C1CCCCC1. The molecule has 2 aliphatic rings. The third-order valence-electron chi connectivity index (χ3n) is 8.24. The number of aliphatic hydroxyl groups excluding tert-OH is 1. The normalized spacial score (nSPS) is 22.3. The number of hydrogen-bond acceptors (Lipinski definition) is 5. The third-order valence-corrected chi connectivity index (χ3v) is 8.62. The molecule has 2 fully saturated rings. The monoisotopic (exact) mass is 541 g/mol.